The van der Waals surface area contributed by atoms with Crippen LogP contribution in [-0.2, 0) is 0 Å². The van der Waals surface area contributed by atoms with Crippen LogP contribution in [-0.4, -0.2) is 24.4 Å². The second-order valence-corrected chi connectivity index (χ2v) is 4.64. The number of phenolic OH excluding ortho intramolecular Hbond substituents is 2. The van der Waals surface area contributed by atoms with Gasteiger partial charge in [0.05, 0.1) is 14.2 Å². The Balaban J connectivity index is 2.71. The highest BCUT2D eigenvalue weighted by Gasteiger charge is 2.13. The first-order chi connectivity index (χ1) is 10.5. The fraction of sp³-hybridized carbons (Fsp3) is 0.111. The van der Waals surface area contributed by atoms with E-state index in [1.54, 1.807) is 36.4 Å². The smallest absolute Gasteiger partial charge is 0.165 e. The number of phenols is 2. The highest BCUT2D eigenvalue weighted by atomic mass is 16.5. The van der Waals surface area contributed by atoms with Crippen molar-refractivity contribution in [3.8, 4) is 34.1 Å². The van der Waals surface area contributed by atoms with Crippen molar-refractivity contribution < 1.29 is 19.7 Å². The lowest BCUT2D eigenvalue weighted by Gasteiger charge is -2.13. The van der Waals surface area contributed by atoms with E-state index in [4.69, 9.17) is 9.47 Å². The molecule has 0 saturated heterocycles. The average molecular weight is 298 g/mol. The maximum absolute atomic E-state index is 10.0. The molecule has 2 N–H and O–H groups in total. The lowest BCUT2D eigenvalue weighted by molar-refractivity contribution is 0.372. The minimum Gasteiger partial charge on any atom is -0.504 e. The number of methoxy groups -OCH3 is 2. The predicted molar refractivity (Wildman–Crippen MR) is 88.5 cm³/mol. The lowest BCUT2D eigenvalue weighted by Crippen LogP contribution is -1.91. The number of aromatic hydroxyl groups is 2. The molecule has 0 fully saturated rings. The van der Waals surface area contributed by atoms with Crippen LogP contribution in [0.25, 0.3) is 23.3 Å². The van der Waals surface area contributed by atoms with Gasteiger partial charge in [-0.05, 0) is 35.4 Å². The van der Waals surface area contributed by atoms with E-state index in [2.05, 4.69) is 13.2 Å². The second kappa shape index (κ2) is 6.26. The summed E-state index contributed by atoms with van der Waals surface area (Å²) in [6, 6.07) is 6.98. The third-order valence-corrected chi connectivity index (χ3v) is 3.42. The van der Waals surface area contributed by atoms with Gasteiger partial charge >= 0.3 is 0 Å². The molecule has 0 heterocycles. The van der Waals surface area contributed by atoms with E-state index in [9.17, 15) is 10.2 Å². The first-order valence-corrected chi connectivity index (χ1v) is 6.63. The molecular weight excluding hydrogens is 280 g/mol. The van der Waals surface area contributed by atoms with Gasteiger partial charge in [-0.3, -0.25) is 0 Å². The molecule has 0 aliphatic heterocycles. The molecule has 0 amide bonds. The van der Waals surface area contributed by atoms with Crippen LogP contribution in [0.1, 0.15) is 11.1 Å². The topological polar surface area (TPSA) is 58.9 Å². The minimum absolute atomic E-state index is 0.0379. The monoisotopic (exact) mass is 298 g/mol. The van der Waals surface area contributed by atoms with Crippen LogP contribution in [0.2, 0.25) is 0 Å². The fourth-order valence-corrected chi connectivity index (χ4v) is 2.21. The molecule has 4 heteroatoms. The molecule has 114 valence electrons. The summed E-state index contributed by atoms with van der Waals surface area (Å²) < 4.78 is 10.4. The SMILES string of the molecule is C=Cc1cc(-c2cc(C=C)c(O)c(OC)c2)cc(OC)c1O. The number of benzene rings is 2. The molecule has 0 aromatic heterocycles. The van der Waals surface area contributed by atoms with Crippen molar-refractivity contribution in [1.82, 2.24) is 0 Å². The van der Waals surface area contributed by atoms with Crippen molar-refractivity contribution in [1.29, 1.82) is 0 Å². The first-order valence-electron chi connectivity index (χ1n) is 6.63. The Morgan fingerprint density at radius 3 is 1.41 bits per heavy atom. The van der Waals surface area contributed by atoms with Gasteiger partial charge in [-0.25, -0.2) is 0 Å². The van der Waals surface area contributed by atoms with Crippen LogP contribution in [0, 0.1) is 0 Å². The summed E-state index contributed by atoms with van der Waals surface area (Å²) in [5, 5.41) is 20.1. The Kier molecular flexibility index (Phi) is 4.41. The van der Waals surface area contributed by atoms with Gasteiger partial charge in [-0.1, -0.05) is 25.3 Å². The summed E-state index contributed by atoms with van der Waals surface area (Å²) in [5.41, 5.74) is 2.71. The van der Waals surface area contributed by atoms with E-state index >= 15 is 0 Å². The van der Waals surface area contributed by atoms with Gasteiger partial charge in [-0.15, -0.1) is 0 Å². The Labute approximate surface area is 129 Å². The predicted octanol–water partition coefficient (Wildman–Crippen LogP) is 4.07. The third-order valence-electron chi connectivity index (χ3n) is 3.42. The second-order valence-electron chi connectivity index (χ2n) is 4.64. The van der Waals surface area contributed by atoms with Crippen LogP contribution in [0.3, 0.4) is 0 Å². The molecule has 2 rings (SSSR count). The third kappa shape index (κ3) is 2.63. The van der Waals surface area contributed by atoms with Crippen molar-refractivity contribution in [3.63, 3.8) is 0 Å². The normalized spacial score (nSPS) is 10.1. The number of hydrogen-bond acceptors (Lipinski definition) is 4. The number of rotatable bonds is 5. The Morgan fingerprint density at radius 2 is 1.14 bits per heavy atom. The van der Waals surface area contributed by atoms with E-state index in [-0.39, 0.29) is 11.5 Å². The summed E-state index contributed by atoms with van der Waals surface area (Å²) >= 11 is 0. The molecule has 0 aliphatic rings. The molecule has 2 aromatic carbocycles. The minimum atomic E-state index is 0.0379. The van der Waals surface area contributed by atoms with Gasteiger partial charge in [0.15, 0.2) is 23.0 Å². The van der Waals surface area contributed by atoms with E-state index in [1.165, 1.54) is 14.2 Å². The number of hydrogen-bond donors (Lipinski definition) is 2. The van der Waals surface area contributed by atoms with Crippen molar-refractivity contribution >= 4 is 12.2 Å². The summed E-state index contributed by atoms with van der Waals surface area (Å²) in [7, 11) is 2.97. The molecule has 0 unspecified atom stereocenters. The van der Waals surface area contributed by atoms with Crippen LogP contribution in [0.15, 0.2) is 37.4 Å². The molecule has 0 spiro atoms. The molecule has 2 aromatic rings. The highest BCUT2D eigenvalue weighted by Crippen LogP contribution is 2.40. The Hall–Kier alpha value is -2.88. The summed E-state index contributed by atoms with van der Waals surface area (Å²) in [5.74, 6) is 0.770. The molecule has 0 aliphatic carbocycles. The van der Waals surface area contributed by atoms with Crippen LogP contribution < -0.4 is 9.47 Å². The van der Waals surface area contributed by atoms with Gasteiger partial charge < -0.3 is 19.7 Å². The van der Waals surface area contributed by atoms with Crippen molar-refractivity contribution in [2.75, 3.05) is 14.2 Å². The Morgan fingerprint density at radius 1 is 0.773 bits per heavy atom. The maximum Gasteiger partial charge on any atom is 0.165 e. The summed E-state index contributed by atoms with van der Waals surface area (Å²) in [6.07, 6.45) is 3.10. The van der Waals surface area contributed by atoms with Gasteiger partial charge in [-0.2, -0.15) is 0 Å². The zero-order valence-electron chi connectivity index (χ0n) is 12.6. The van der Waals surface area contributed by atoms with Crippen LogP contribution in [0.4, 0.5) is 0 Å². The molecule has 0 saturated carbocycles. The van der Waals surface area contributed by atoms with Crippen LogP contribution >= 0.6 is 0 Å². The molecular formula is C18H18O4. The van der Waals surface area contributed by atoms with Crippen LogP contribution in [0.5, 0.6) is 23.0 Å². The maximum atomic E-state index is 10.0. The zero-order valence-corrected chi connectivity index (χ0v) is 12.6. The molecule has 0 bridgehead atoms. The average Bonchev–Trinajstić information content (AvgIpc) is 2.55. The van der Waals surface area contributed by atoms with Gasteiger partial charge in [0.2, 0.25) is 0 Å². The molecule has 0 atom stereocenters. The fourth-order valence-electron chi connectivity index (χ4n) is 2.21. The Bertz CT molecular complexity index is 669. The molecule has 22 heavy (non-hydrogen) atoms. The summed E-state index contributed by atoms with van der Waals surface area (Å²) in [6.45, 7) is 7.37. The van der Waals surface area contributed by atoms with E-state index in [0.29, 0.717) is 22.6 Å². The largest absolute Gasteiger partial charge is 0.504 e. The summed E-state index contributed by atoms with van der Waals surface area (Å²) in [4.78, 5) is 0. The standard InChI is InChI=1S/C18H18O4/c1-5-11-7-13(9-15(21-3)17(11)19)14-8-12(6-2)18(20)16(10-14)22-4/h5-10,19-20H,1-2H2,3-4H3. The zero-order chi connectivity index (χ0) is 16.3. The number of ether oxygens (including phenoxy) is 2. The van der Waals surface area contributed by atoms with Crippen molar-refractivity contribution in [2.45, 2.75) is 0 Å². The first kappa shape index (κ1) is 15.5. The quantitative estimate of drug-likeness (QED) is 0.873. The molecule has 4 nitrogen and oxygen atoms in total. The van der Waals surface area contributed by atoms with Crippen molar-refractivity contribution in [3.05, 3.63) is 48.6 Å². The van der Waals surface area contributed by atoms with Gasteiger partial charge in [0.1, 0.15) is 0 Å². The van der Waals surface area contributed by atoms with Gasteiger partial charge in [0.25, 0.3) is 0 Å². The van der Waals surface area contributed by atoms with Gasteiger partial charge in [0, 0.05) is 11.1 Å². The van der Waals surface area contributed by atoms with E-state index in [1.807, 2.05) is 0 Å². The lowest BCUT2D eigenvalue weighted by atomic mass is 9.98. The molecule has 0 radical (unpaired) electrons. The highest BCUT2D eigenvalue weighted by molar-refractivity contribution is 5.78. The van der Waals surface area contributed by atoms with Crippen molar-refractivity contribution in [2.24, 2.45) is 0 Å². The van der Waals surface area contributed by atoms with E-state index < -0.39 is 0 Å². The van der Waals surface area contributed by atoms with E-state index in [0.717, 1.165) is 11.1 Å².